The fourth-order valence-corrected chi connectivity index (χ4v) is 3.25. The number of aromatic nitrogens is 3. The van der Waals surface area contributed by atoms with Gasteiger partial charge < -0.3 is 15.4 Å². The summed E-state index contributed by atoms with van der Waals surface area (Å²) < 4.78 is 5.66. The number of hydrogen-bond donors (Lipinski definition) is 2. The molecule has 31 heavy (non-hydrogen) atoms. The zero-order chi connectivity index (χ0) is 21.8. The van der Waals surface area contributed by atoms with Crippen molar-refractivity contribution in [3.8, 4) is 17.0 Å². The number of benzene rings is 1. The Hall–Kier alpha value is -3.81. The molecule has 0 saturated heterocycles. The minimum absolute atomic E-state index is 0.0461. The van der Waals surface area contributed by atoms with Crippen molar-refractivity contribution in [1.29, 1.82) is 0 Å². The van der Waals surface area contributed by atoms with Gasteiger partial charge in [-0.2, -0.15) is 0 Å². The number of methoxy groups -OCH3 is 1. The lowest BCUT2D eigenvalue weighted by Gasteiger charge is -2.17. The summed E-state index contributed by atoms with van der Waals surface area (Å²) in [5.41, 5.74) is 3.07. The van der Waals surface area contributed by atoms with Gasteiger partial charge in [0.15, 0.2) is 11.5 Å². The molecule has 3 aromatic rings. The van der Waals surface area contributed by atoms with Crippen molar-refractivity contribution in [2.24, 2.45) is 5.92 Å². The predicted octanol–water partition coefficient (Wildman–Crippen LogP) is 4.23. The highest BCUT2D eigenvalue weighted by Crippen LogP contribution is 2.38. The van der Waals surface area contributed by atoms with E-state index in [1.807, 2.05) is 18.2 Å². The summed E-state index contributed by atoms with van der Waals surface area (Å²) in [4.78, 5) is 37.4. The van der Waals surface area contributed by atoms with E-state index in [1.54, 1.807) is 38.7 Å². The van der Waals surface area contributed by atoms with Gasteiger partial charge in [-0.15, -0.1) is 0 Å². The molecule has 0 unspecified atom stereocenters. The number of anilines is 3. The molecule has 1 aromatic carbocycles. The summed E-state index contributed by atoms with van der Waals surface area (Å²) >= 11 is 0. The Morgan fingerprint density at radius 3 is 2.65 bits per heavy atom. The molecule has 1 fully saturated rings. The highest BCUT2D eigenvalue weighted by Gasteiger charge is 2.30. The number of carbonyl (C=O) groups excluding carboxylic acids is 2. The summed E-state index contributed by atoms with van der Waals surface area (Å²) in [6.07, 6.45) is 8.51. The van der Waals surface area contributed by atoms with Crippen LogP contribution in [0.15, 0.2) is 49.1 Å². The maximum atomic E-state index is 12.5. The largest absolute Gasteiger partial charge is 0.494 e. The van der Waals surface area contributed by atoms with E-state index in [0.29, 0.717) is 40.6 Å². The molecule has 0 radical (unpaired) electrons. The molecule has 2 heterocycles. The molecular weight excluding hydrogens is 394 g/mol. The summed E-state index contributed by atoms with van der Waals surface area (Å²) in [5.74, 6) is 0.919. The van der Waals surface area contributed by atoms with Crippen LogP contribution in [0.25, 0.3) is 11.3 Å². The number of Topliss-reactive ketones (excluding diaryl/α,β-unsaturated/α-hetero) is 1. The van der Waals surface area contributed by atoms with Crippen molar-refractivity contribution >= 4 is 28.9 Å². The predicted molar refractivity (Wildman–Crippen MR) is 118 cm³/mol. The van der Waals surface area contributed by atoms with Gasteiger partial charge in [0.05, 0.1) is 35.9 Å². The van der Waals surface area contributed by atoms with E-state index in [2.05, 4.69) is 25.6 Å². The topological polar surface area (TPSA) is 106 Å². The Balaban J connectivity index is 1.71. The smallest absolute Gasteiger partial charge is 0.228 e. The number of nitrogens with one attached hydrogen (secondary N) is 2. The molecule has 0 spiro atoms. The third-order valence-electron chi connectivity index (χ3n) is 5.05. The number of carbonyl (C=O) groups is 2. The van der Waals surface area contributed by atoms with Crippen LogP contribution < -0.4 is 15.4 Å². The molecule has 158 valence electrons. The van der Waals surface area contributed by atoms with E-state index >= 15 is 0 Å². The molecule has 2 N–H and O–H groups in total. The zero-order valence-corrected chi connectivity index (χ0v) is 17.4. The lowest BCUT2D eigenvalue weighted by molar-refractivity contribution is -0.117. The molecule has 1 saturated carbocycles. The van der Waals surface area contributed by atoms with Gasteiger partial charge in [-0.05, 0) is 25.0 Å². The van der Waals surface area contributed by atoms with Crippen molar-refractivity contribution < 1.29 is 14.3 Å². The normalized spacial score (nSPS) is 12.8. The summed E-state index contributed by atoms with van der Waals surface area (Å²) in [6, 6.07) is 7.28. The zero-order valence-electron chi connectivity index (χ0n) is 17.4. The molecule has 1 amide bonds. The molecule has 8 heteroatoms. The summed E-state index contributed by atoms with van der Waals surface area (Å²) in [5, 5.41) is 6.12. The van der Waals surface area contributed by atoms with Crippen molar-refractivity contribution in [3.63, 3.8) is 0 Å². The molecule has 0 aliphatic heterocycles. The molecule has 0 atom stereocenters. The summed E-state index contributed by atoms with van der Waals surface area (Å²) in [6.45, 7) is 1.80. The quantitative estimate of drug-likeness (QED) is 0.528. The van der Waals surface area contributed by atoms with Crippen molar-refractivity contribution in [1.82, 2.24) is 15.0 Å². The molecule has 2 aromatic heterocycles. The molecular formula is C23H23N5O3. The van der Waals surface area contributed by atoms with Crippen molar-refractivity contribution in [2.45, 2.75) is 26.2 Å². The van der Waals surface area contributed by atoms with Crippen LogP contribution in [0.3, 0.4) is 0 Å². The molecule has 1 aliphatic rings. The van der Waals surface area contributed by atoms with Gasteiger partial charge in [-0.1, -0.05) is 13.0 Å². The standard InChI is InChI=1S/C23H23N5O3/c1-3-20(29)16-12-26-21(28-23(30)14-7-8-14)11-18(16)27-17-6-4-5-15(22(17)31-2)19-13-24-9-10-25-19/h4-6,9-14H,3,7-8H2,1-2H3,(H2,26,27,28,30). The first-order chi connectivity index (χ1) is 15.1. The lowest BCUT2D eigenvalue weighted by Crippen LogP contribution is -2.15. The number of rotatable bonds is 8. The van der Waals surface area contributed by atoms with Gasteiger partial charge >= 0.3 is 0 Å². The van der Waals surface area contributed by atoms with Crippen LogP contribution >= 0.6 is 0 Å². The molecule has 4 rings (SSSR count). The Bertz CT molecular complexity index is 1110. The second kappa shape index (κ2) is 8.91. The van der Waals surface area contributed by atoms with E-state index in [4.69, 9.17) is 4.74 Å². The van der Waals surface area contributed by atoms with Crippen LogP contribution in [0, 0.1) is 5.92 Å². The minimum atomic E-state index is -0.0564. The van der Waals surface area contributed by atoms with Gasteiger partial charge in [-0.3, -0.25) is 19.6 Å². The SMILES string of the molecule is CCC(=O)c1cnc(NC(=O)C2CC2)cc1Nc1cccc(-c2cnccn2)c1OC. The lowest BCUT2D eigenvalue weighted by atomic mass is 10.1. The number of para-hydroxylation sites is 1. The van der Waals surface area contributed by atoms with Crippen molar-refractivity contribution in [2.75, 3.05) is 17.7 Å². The average Bonchev–Trinajstić information content (AvgIpc) is 3.65. The summed E-state index contributed by atoms with van der Waals surface area (Å²) in [7, 11) is 1.58. The van der Waals surface area contributed by atoms with Gasteiger partial charge in [0.25, 0.3) is 0 Å². The second-order valence-electron chi connectivity index (χ2n) is 7.26. The highest BCUT2D eigenvalue weighted by molar-refractivity contribution is 6.03. The average molecular weight is 417 g/mol. The van der Waals surface area contributed by atoms with E-state index in [9.17, 15) is 9.59 Å². The number of pyridine rings is 1. The van der Waals surface area contributed by atoms with Gasteiger partial charge in [0.2, 0.25) is 5.91 Å². The fourth-order valence-electron chi connectivity index (χ4n) is 3.25. The first kappa shape index (κ1) is 20.5. The Morgan fingerprint density at radius 1 is 1.13 bits per heavy atom. The van der Waals surface area contributed by atoms with Crippen LogP contribution in [0.4, 0.5) is 17.2 Å². The molecule has 1 aliphatic carbocycles. The number of ketones is 1. The monoisotopic (exact) mass is 417 g/mol. The third-order valence-corrected chi connectivity index (χ3v) is 5.05. The Labute approximate surface area is 180 Å². The maximum absolute atomic E-state index is 12.5. The van der Waals surface area contributed by atoms with Crippen molar-refractivity contribution in [3.05, 3.63) is 54.6 Å². The minimum Gasteiger partial charge on any atom is -0.494 e. The third kappa shape index (κ3) is 4.53. The maximum Gasteiger partial charge on any atom is 0.228 e. The Morgan fingerprint density at radius 2 is 1.97 bits per heavy atom. The van der Waals surface area contributed by atoms with E-state index in [-0.39, 0.29) is 17.6 Å². The van der Waals surface area contributed by atoms with Crippen LogP contribution in [-0.4, -0.2) is 33.8 Å². The first-order valence-electron chi connectivity index (χ1n) is 10.1. The van der Waals surface area contributed by atoms with E-state index in [1.165, 1.54) is 6.20 Å². The molecule has 8 nitrogen and oxygen atoms in total. The Kier molecular flexibility index (Phi) is 5.88. The van der Waals surface area contributed by atoms with Crippen LogP contribution in [0.5, 0.6) is 5.75 Å². The van der Waals surface area contributed by atoms with Gasteiger partial charge in [-0.25, -0.2) is 4.98 Å². The number of hydrogen-bond acceptors (Lipinski definition) is 7. The first-order valence-corrected chi connectivity index (χ1v) is 10.1. The van der Waals surface area contributed by atoms with Crippen LogP contribution in [0.2, 0.25) is 0 Å². The van der Waals surface area contributed by atoms with Gasteiger partial charge in [0.1, 0.15) is 5.82 Å². The van der Waals surface area contributed by atoms with Crippen LogP contribution in [0.1, 0.15) is 36.5 Å². The number of amides is 1. The highest BCUT2D eigenvalue weighted by atomic mass is 16.5. The van der Waals surface area contributed by atoms with E-state index in [0.717, 1.165) is 18.4 Å². The van der Waals surface area contributed by atoms with Gasteiger partial charge in [0, 0.05) is 42.6 Å². The molecule has 0 bridgehead atoms. The van der Waals surface area contributed by atoms with E-state index < -0.39 is 0 Å². The second-order valence-corrected chi connectivity index (χ2v) is 7.26. The number of nitrogens with zero attached hydrogens (tertiary/aromatic N) is 3. The number of ether oxygens (including phenoxy) is 1. The fraction of sp³-hybridized carbons (Fsp3) is 0.261. The van der Waals surface area contributed by atoms with Crippen LogP contribution in [-0.2, 0) is 4.79 Å².